The van der Waals surface area contributed by atoms with Gasteiger partial charge >= 0.3 is 30.0 Å². The predicted molar refractivity (Wildman–Crippen MR) is 37.3 cm³/mol. The molecule has 0 unspecified atom stereocenters. The van der Waals surface area contributed by atoms with Crippen molar-refractivity contribution in [2.24, 2.45) is 0 Å². The average molecular weight is 228 g/mol. The third-order valence-corrected chi connectivity index (χ3v) is 0.724. The molecule has 8 heavy (non-hydrogen) atoms. The van der Waals surface area contributed by atoms with Crippen molar-refractivity contribution < 1.29 is 16.3 Å². The fourth-order valence-corrected chi connectivity index (χ4v) is 0.322. The van der Waals surface area contributed by atoms with Gasteiger partial charge in [0.1, 0.15) is 0 Å². The Morgan fingerprint density at radius 3 is 2.25 bits per heavy atom. The molecule has 0 atom stereocenters. The molecule has 0 amide bonds. The summed E-state index contributed by atoms with van der Waals surface area (Å²) in [6.45, 7) is 7.25. The predicted octanol–water partition coefficient (Wildman–Crippen LogP) is 3.01. The summed E-state index contributed by atoms with van der Waals surface area (Å²) in [7, 11) is 0. The first-order valence-corrected chi connectivity index (χ1v) is 9.66. The Bertz CT molecular complexity index is 37.5. The second-order valence-electron chi connectivity index (χ2n) is 1.38. The van der Waals surface area contributed by atoms with Crippen LogP contribution in [0.3, 0.4) is 0 Å². The second kappa shape index (κ2) is 15.7. The van der Waals surface area contributed by atoms with Crippen molar-refractivity contribution in [3.63, 3.8) is 0 Å². The zero-order valence-corrected chi connectivity index (χ0v) is 9.91. The minimum absolute atomic E-state index is 1.07. The van der Waals surface area contributed by atoms with E-state index in [0.717, 1.165) is 6.42 Å². The molecule has 0 aromatic carbocycles. The van der Waals surface area contributed by atoms with Gasteiger partial charge in [-0.3, -0.25) is 6.08 Å². The molecule has 0 N–H and O–H groups in total. The van der Waals surface area contributed by atoms with Crippen LogP contribution in [0.15, 0.2) is 6.08 Å². The van der Waals surface area contributed by atoms with Gasteiger partial charge in [0.2, 0.25) is 0 Å². The van der Waals surface area contributed by atoms with Crippen LogP contribution >= 0.6 is 13.6 Å². The summed E-state index contributed by atoms with van der Waals surface area (Å²) in [6, 6.07) is 0. The van der Waals surface area contributed by atoms with Crippen LogP contribution in [0, 0.1) is 6.58 Å². The molecule has 0 heterocycles. The van der Waals surface area contributed by atoms with Crippen LogP contribution in [-0.4, -0.2) is 0 Å². The molecule has 2 heteroatoms. The number of allylic oxidation sites excluding steroid dienone is 1. The van der Waals surface area contributed by atoms with E-state index in [-0.39, 0.29) is 0 Å². The van der Waals surface area contributed by atoms with E-state index < -0.39 is 0 Å². The molecule has 0 spiro atoms. The van der Waals surface area contributed by atoms with Crippen LogP contribution in [0.2, 0.25) is 0 Å². The third-order valence-electron chi connectivity index (χ3n) is 0.724. The SMILES string of the molecule is [CH-]=CCCCC.[Zn+][Br]. The van der Waals surface area contributed by atoms with E-state index in [1.165, 1.54) is 29.2 Å². The van der Waals surface area contributed by atoms with Crippen LogP contribution in [0.1, 0.15) is 26.2 Å². The zero-order valence-electron chi connectivity index (χ0n) is 5.36. The van der Waals surface area contributed by atoms with Crippen molar-refractivity contribution in [1.29, 1.82) is 0 Å². The van der Waals surface area contributed by atoms with Gasteiger partial charge < -0.3 is 6.58 Å². The maximum atomic E-state index is 5.09. The van der Waals surface area contributed by atoms with E-state index in [9.17, 15) is 0 Å². The van der Waals surface area contributed by atoms with E-state index in [2.05, 4.69) is 20.5 Å². The third kappa shape index (κ3) is 15.8. The van der Waals surface area contributed by atoms with Gasteiger partial charge in [-0.15, -0.1) is 0 Å². The molecule has 0 aliphatic heterocycles. The van der Waals surface area contributed by atoms with Crippen molar-refractivity contribution >= 4 is 13.6 Å². The summed E-state index contributed by atoms with van der Waals surface area (Å²) < 4.78 is 0. The summed E-state index contributed by atoms with van der Waals surface area (Å²) in [6.07, 6.45) is 5.25. The Balaban J connectivity index is 0. The Morgan fingerprint density at radius 1 is 1.62 bits per heavy atom. The van der Waals surface area contributed by atoms with Gasteiger partial charge in [-0.2, -0.15) is 0 Å². The van der Waals surface area contributed by atoms with Crippen molar-refractivity contribution in [3.8, 4) is 0 Å². The molecule has 0 bridgehead atoms. The molecule has 0 saturated heterocycles. The first-order valence-electron chi connectivity index (χ1n) is 2.72. The molecule has 0 aliphatic rings. The molecule has 44 valence electrons. The van der Waals surface area contributed by atoms with Gasteiger partial charge in [0.25, 0.3) is 0 Å². The molecule has 0 rings (SSSR count). The van der Waals surface area contributed by atoms with Crippen molar-refractivity contribution in [2.75, 3.05) is 0 Å². The number of rotatable bonds is 3. The first kappa shape index (κ1) is 11.6. The normalized spacial score (nSPS) is 7.00. The Kier molecular flexibility index (Phi) is 22.7. The van der Waals surface area contributed by atoms with Crippen molar-refractivity contribution in [1.82, 2.24) is 0 Å². The molecular weight excluding hydrogens is 217 g/mol. The zero-order chi connectivity index (χ0) is 6.83. The number of hydrogen-bond acceptors (Lipinski definition) is 0. The average Bonchev–Trinajstić information content (AvgIpc) is 1.88. The number of halogens is 1. The van der Waals surface area contributed by atoms with Gasteiger partial charge in [-0.05, 0) is 0 Å². The number of hydrogen-bond donors (Lipinski definition) is 0. The minimum atomic E-state index is 1.07. The van der Waals surface area contributed by atoms with Crippen molar-refractivity contribution in [2.45, 2.75) is 26.2 Å². The monoisotopic (exact) mass is 226 g/mol. The molecule has 0 radical (unpaired) electrons. The summed E-state index contributed by atoms with van der Waals surface area (Å²) in [5.74, 6) is 0. The summed E-state index contributed by atoms with van der Waals surface area (Å²) in [4.78, 5) is 0. The van der Waals surface area contributed by atoms with E-state index in [4.69, 9.17) is 6.58 Å². The van der Waals surface area contributed by atoms with Gasteiger partial charge in [0.05, 0.1) is 0 Å². The van der Waals surface area contributed by atoms with E-state index >= 15 is 0 Å². The fourth-order valence-electron chi connectivity index (χ4n) is 0.322. The van der Waals surface area contributed by atoms with Gasteiger partial charge in [0, 0.05) is 0 Å². The van der Waals surface area contributed by atoms with Crippen LogP contribution in [0.4, 0.5) is 0 Å². The molecule has 0 aliphatic carbocycles. The Hall–Kier alpha value is 0.843. The van der Waals surface area contributed by atoms with Crippen molar-refractivity contribution in [3.05, 3.63) is 12.7 Å². The van der Waals surface area contributed by atoms with Gasteiger partial charge in [0.15, 0.2) is 0 Å². The first-order chi connectivity index (χ1) is 3.91. The van der Waals surface area contributed by atoms with Crippen LogP contribution < -0.4 is 0 Å². The van der Waals surface area contributed by atoms with Crippen LogP contribution in [0.5, 0.6) is 0 Å². The Morgan fingerprint density at radius 2 is 2.12 bits per heavy atom. The Labute approximate surface area is 68.8 Å². The van der Waals surface area contributed by atoms with Crippen LogP contribution in [-0.2, 0) is 16.3 Å². The van der Waals surface area contributed by atoms with E-state index in [0.29, 0.717) is 0 Å². The number of unbranched alkanes of at least 4 members (excludes halogenated alkanes) is 2. The molecule has 0 aromatic rings. The molecule has 0 nitrogen and oxygen atoms in total. The van der Waals surface area contributed by atoms with Gasteiger partial charge in [-0.25, -0.2) is 0 Å². The molecule has 0 saturated carbocycles. The standard InChI is InChI=1S/C6H11.BrH.Zn/c1-3-5-6-4-2;;/h1,3H,4-6H2,2H3;1H;/q-1;;+2/p-1. The second-order valence-corrected chi connectivity index (χ2v) is 1.38. The molecular formula is C6H11BrZn. The topological polar surface area (TPSA) is 0 Å². The quantitative estimate of drug-likeness (QED) is 0.396. The van der Waals surface area contributed by atoms with Gasteiger partial charge in [-0.1, -0.05) is 26.2 Å². The summed E-state index contributed by atoms with van der Waals surface area (Å²) in [5, 5.41) is 0. The summed E-state index contributed by atoms with van der Waals surface area (Å²) >= 11 is 4.25. The molecule has 0 aromatic heterocycles. The summed E-state index contributed by atoms with van der Waals surface area (Å²) in [5.41, 5.74) is 0. The van der Waals surface area contributed by atoms with E-state index in [1.807, 2.05) is 0 Å². The van der Waals surface area contributed by atoms with Crippen LogP contribution in [0.25, 0.3) is 0 Å². The maximum absolute atomic E-state index is 5.09. The molecule has 0 fully saturated rings. The van der Waals surface area contributed by atoms with E-state index in [1.54, 1.807) is 6.08 Å². The fraction of sp³-hybridized carbons (Fsp3) is 0.667.